The van der Waals surface area contributed by atoms with E-state index in [9.17, 15) is 4.79 Å². The Morgan fingerprint density at radius 3 is 2.91 bits per heavy atom. The van der Waals surface area contributed by atoms with Gasteiger partial charge < -0.3 is 4.74 Å². The minimum atomic E-state index is -0.533. The van der Waals surface area contributed by atoms with Gasteiger partial charge in [-0.2, -0.15) is 0 Å². The number of hydrogen-bond acceptors (Lipinski definition) is 2. The van der Waals surface area contributed by atoms with Crippen LogP contribution in [0, 0.1) is 5.92 Å². The second-order valence-corrected chi connectivity index (χ2v) is 3.38. The van der Waals surface area contributed by atoms with Gasteiger partial charge in [0.05, 0.1) is 0 Å². The molecule has 0 aromatic heterocycles. The molecule has 2 atom stereocenters. The van der Waals surface area contributed by atoms with Crippen LogP contribution in [0.1, 0.15) is 19.3 Å². The van der Waals surface area contributed by atoms with Gasteiger partial charge in [-0.3, -0.25) is 4.79 Å². The number of rotatable bonds is 1. The van der Waals surface area contributed by atoms with Crippen molar-refractivity contribution in [3.05, 3.63) is 12.2 Å². The van der Waals surface area contributed by atoms with Crippen molar-refractivity contribution in [3.63, 3.8) is 0 Å². The molecule has 1 saturated carbocycles. The first-order chi connectivity index (χ1) is 5.27. The third-order valence-corrected chi connectivity index (χ3v) is 2.81. The molecule has 0 aromatic carbocycles. The number of carbonyl (C=O) groups is 1. The Kier molecular flexibility index (Phi) is 1.39. The maximum absolute atomic E-state index is 11.4. The van der Waals surface area contributed by atoms with Crippen molar-refractivity contribution < 1.29 is 9.53 Å². The highest BCUT2D eigenvalue weighted by Crippen LogP contribution is 2.38. The average Bonchev–Trinajstić information content (AvgIpc) is 2.07. The zero-order chi connectivity index (χ0) is 7.90. The van der Waals surface area contributed by atoms with E-state index in [1.165, 1.54) is 0 Å². The molecule has 0 saturated heterocycles. The summed E-state index contributed by atoms with van der Waals surface area (Å²) in [7, 11) is 1.62. The van der Waals surface area contributed by atoms with E-state index in [1.54, 1.807) is 7.11 Å². The Balaban J connectivity index is 2.36. The van der Waals surface area contributed by atoms with Gasteiger partial charge in [0.2, 0.25) is 0 Å². The van der Waals surface area contributed by atoms with Gasteiger partial charge in [0.25, 0.3) is 0 Å². The van der Waals surface area contributed by atoms with Crippen LogP contribution in [0.4, 0.5) is 0 Å². The van der Waals surface area contributed by atoms with E-state index in [1.807, 2.05) is 6.08 Å². The molecule has 0 spiro atoms. The molecule has 11 heavy (non-hydrogen) atoms. The molecule has 0 N–H and O–H groups in total. The van der Waals surface area contributed by atoms with E-state index in [-0.39, 0.29) is 5.78 Å². The van der Waals surface area contributed by atoms with Crippen LogP contribution < -0.4 is 0 Å². The monoisotopic (exact) mass is 152 g/mol. The lowest BCUT2D eigenvalue weighted by molar-refractivity contribution is -0.141. The summed E-state index contributed by atoms with van der Waals surface area (Å²) in [5, 5.41) is 0. The fourth-order valence-corrected chi connectivity index (χ4v) is 1.97. The van der Waals surface area contributed by atoms with Gasteiger partial charge in [0.15, 0.2) is 5.78 Å². The van der Waals surface area contributed by atoms with Crippen molar-refractivity contribution in [2.24, 2.45) is 5.92 Å². The molecule has 1 fully saturated rings. The molecule has 3 aliphatic rings. The number of methoxy groups -OCH3 is 1. The zero-order valence-corrected chi connectivity index (χ0v) is 6.67. The van der Waals surface area contributed by atoms with Gasteiger partial charge in [-0.1, -0.05) is 6.08 Å². The Hall–Kier alpha value is -0.630. The highest BCUT2D eigenvalue weighted by molar-refractivity contribution is 5.91. The number of allylic oxidation sites excluding steroid dienone is 1. The first-order valence-electron chi connectivity index (χ1n) is 4.05. The largest absolute Gasteiger partial charge is 0.366 e. The van der Waals surface area contributed by atoms with Crippen LogP contribution in [-0.2, 0) is 9.53 Å². The molecule has 2 nitrogen and oxygen atoms in total. The predicted octanol–water partition coefficient (Wildman–Crippen LogP) is 1.31. The van der Waals surface area contributed by atoms with E-state index in [0.717, 1.165) is 12.8 Å². The molecule has 60 valence electrons. The van der Waals surface area contributed by atoms with Gasteiger partial charge in [0, 0.05) is 13.5 Å². The summed E-state index contributed by atoms with van der Waals surface area (Å²) in [6.07, 6.45) is 6.73. The van der Waals surface area contributed by atoms with Gasteiger partial charge in [0.1, 0.15) is 5.60 Å². The SMILES string of the molecule is CO[C@@]12C=C[C@H](CC1)CC2=O. The summed E-state index contributed by atoms with van der Waals surface area (Å²) in [6, 6.07) is 0. The van der Waals surface area contributed by atoms with Crippen molar-refractivity contribution in [2.45, 2.75) is 24.9 Å². The maximum atomic E-state index is 11.4. The number of ketones is 1. The van der Waals surface area contributed by atoms with Crippen LogP contribution in [0.15, 0.2) is 12.2 Å². The molecule has 0 aromatic rings. The Labute approximate surface area is 66.2 Å². The van der Waals surface area contributed by atoms with E-state index in [4.69, 9.17) is 4.74 Å². The molecule has 0 amide bonds. The Morgan fingerprint density at radius 2 is 2.55 bits per heavy atom. The number of carbonyl (C=O) groups excluding carboxylic acids is 1. The number of Topliss-reactive ketones (excluding diaryl/α,β-unsaturated/α-hetero) is 1. The molecule has 0 heterocycles. The maximum Gasteiger partial charge on any atom is 0.169 e. The van der Waals surface area contributed by atoms with Crippen molar-refractivity contribution >= 4 is 5.78 Å². The lowest BCUT2D eigenvalue weighted by atomic mass is 9.72. The third kappa shape index (κ3) is 0.857. The normalized spacial score (nSPS) is 41.5. The van der Waals surface area contributed by atoms with Crippen molar-refractivity contribution in [1.29, 1.82) is 0 Å². The molecular weight excluding hydrogens is 140 g/mol. The first-order valence-corrected chi connectivity index (χ1v) is 4.05. The topological polar surface area (TPSA) is 26.3 Å². The fraction of sp³-hybridized carbons (Fsp3) is 0.667. The molecule has 0 unspecified atom stereocenters. The lowest BCUT2D eigenvalue weighted by Gasteiger charge is -2.38. The fourth-order valence-electron chi connectivity index (χ4n) is 1.97. The minimum absolute atomic E-state index is 0.263. The summed E-state index contributed by atoms with van der Waals surface area (Å²) in [5.41, 5.74) is -0.533. The van der Waals surface area contributed by atoms with Crippen LogP contribution in [0.3, 0.4) is 0 Å². The molecular formula is C9H12O2. The van der Waals surface area contributed by atoms with Gasteiger partial charge >= 0.3 is 0 Å². The van der Waals surface area contributed by atoms with E-state index < -0.39 is 5.60 Å². The molecule has 0 aliphatic heterocycles. The van der Waals surface area contributed by atoms with Crippen LogP contribution >= 0.6 is 0 Å². The quantitative estimate of drug-likeness (QED) is 0.529. The molecule has 0 radical (unpaired) electrons. The number of ether oxygens (including phenoxy) is 1. The van der Waals surface area contributed by atoms with E-state index in [0.29, 0.717) is 12.3 Å². The number of hydrogen-bond donors (Lipinski definition) is 0. The second-order valence-electron chi connectivity index (χ2n) is 3.38. The molecule has 2 heteroatoms. The third-order valence-electron chi connectivity index (χ3n) is 2.81. The van der Waals surface area contributed by atoms with Crippen molar-refractivity contribution in [1.82, 2.24) is 0 Å². The summed E-state index contributed by atoms with van der Waals surface area (Å²) in [4.78, 5) is 11.4. The number of fused-ring (bicyclic) bond motifs is 2. The Morgan fingerprint density at radius 1 is 1.73 bits per heavy atom. The lowest BCUT2D eigenvalue weighted by Crippen LogP contribution is -2.46. The Bertz CT molecular complexity index is 220. The summed E-state index contributed by atoms with van der Waals surface area (Å²) < 4.78 is 5.24. The second kappa shape index (κ2) is 2.18. The summed E-state index contributed by atoms with van der Waals surface area (Å²) in [5.74, 6) is 0.762. The predicted molar refractivity (Wildman–Crippen MR) is 41.2 cm³/mol. The van der Waals surface area contributed by atoms with Crippen LogP contribution in [0.5, 0.6) is 0 Å². The van der Waals surface area contributed by atoms with Gasteiger partial charge in [-0.15, -0.1) is 0 Å². The summed E-state index contributed by atoms with van der Waals surface area (Å²) in [6.45, 7) is 0. The average molecular weight is 152 g/mol. The van der Waals surface area contributed by atoms with Gasteiger partial charge in [-0.05, 0) is 24.8 Å². The molecule has 2 bridgehead atoms. The van der Waals surface area contributed by atoms with Crippen molar-refractivity contribution in [2.75, 3.05) is 7.11 Å². The van der Waals surface area contributed by atoms with E-state index in [2.05, 4.69) is 6.08 Å². The smallest absolute Gasteiger partial charge is 0.169 e. The zero-order valence-electron chi connectivity index (χ0n) is 6.67. The molecule has 3 aliphatic carbocycles. The van der Waals surface area contributed by atoms with Crippen LogP contribution in [-0.4, -0.2) is 18.5 Å². The summed E-state index contributed by atoms with van der Waals surface area (Å²) >= 11 is 0. The van der Waals surface area contributed by atoms with Crippen molar-refractivity contribution in [3.8, 4) is 0 Å². The van der Waals surface area contributed by atoms with E-state index >= 15 is 0 Å². The van der Waals surface area contributed by atoms with Crippen LogP contribution in [0.25, 0.3) is 0 Å². The minimum Gasteiger partial charge on any atom is -0.366 e. The van der Waals surface area contributed by atoms with Gasteiger partial charge in [-0.25, -0.2) is 0 Å². The highest BCUT2D eigenvalue weighted by atomic mass is 16.5. The standard InChI is InChI=1S/C9H12O2/c1-11-9-4-2-7(3-5-9)6-8(9)10/h2,4,7H,3,5-6H2,1H3/t7-,9+/m1/s1. The molecule has 3 rings (SSSR count). The highest BCUT2D eigenvalue weighted by Gasteiger charge is 2.43. The van der Waals surface area contributed by atoms with Crippen LogP contribution in [0.2, 0.25) is 0 Å². The first kappa shape index (κ1) is 7.04.